The van der Waals surface area contributed by atoms with Crippen molar-refractivity contribution in [3.63, 3.8) is 0 Å². The van der Waals surface area contributed by atoms with Crippen molar-refractivity contribution >= 4 is 34.2 Å². The van der Waals surface area contributed by atoms with Gasteiger partial charge < -0.3 is 4.74 Å². The summed E-state index contributed by atoms with van der Waals surface area (Å²) < 4.78 is 6.44. The molecule has 16 heavy (non-hydrogen) atoms. The van der Waals surface area contributed by atoms with Crippen LogP contribution in [0.25, 0.3) is 0 Å². The minimum absolute atomic E-state index is 0.405. The number of rotatable bonds is 3. The zero-order valence-corrected chi connectivity index (χ0v) is 11.3. The van der Waals surface area contributed by atoms with Crippen LogP contribution in [0.5, 0.6) is 5.75 Å². The lowest BCUT2D eigenvalue weighted by atomic mass is 10.2. The number of aromatic nitrogens is 1. The summed E-state index contributed by atoms with van der Waals surface area (Å²) in [7, 11) is 0. The van der Waals surface area contributed by atoms with E-state index in [4.69, 9.17) is 16.3 Å². The van der Waals surface area contributed by atoms with Crippen LogP contribution in [0.4, 0.5) is 0 Å². The summed E-state index contributed by atoms with van der Waals surface area (Å²) in [6.07, 6.45) is 0. The van der Waals surface area contributed by atoms with Gasteiger partial charge in [0, 0.05) is 0 Å². The summed E-state index contributed by atoms with van der Waals surface area (Å²) in [4.78, 5) is 4.11. The van der Waals surface area contributed by atoms with Gasteiger partial charge in [0.2, 0.25) is 0 Å². The second-order valence-corrected chi connectivity index (χ2v) is 4.66. The average molecular weight is 346 g/mol. The first-order valence-electron chi connectivity index (χ1n) is 4.74. The summed E-state index contributed by atoms with van der Waals surface area (Å²) in [6.45, 7) is 0.503. The fourth-order valence-electron chi connectivity index (χ4n) is 1.24. The standard InChI is InChI=1S/C12H9ClINO/c13-12-10(6-7-11(14)15-12)16-8-9-4-2-1-3-5-9/h1-7H,8H2. The van der Waals surface area contributed by atoms with Crippen LogP contribution < -0.4 is 4.74 Å². The van der Waals surface area contributed by atoms with Gasteiger partial charge in [-0.2, -0.15) is 0 Å². The molecule has 1 aromatic heterocycles. The monoisotopic (exact) mass is 345 g/mol. The predicted molar refractivity (Wildman–Crippen MR) is 72.7 cm³/mol. The van der Waals surface area contributed by atoms with Gasteiger partial charge in [-0.05, 0) is 40.3 Å². The summed E-state index contributed by atoms with van der Waals surface area (Å²) >= 11 is 8.07. The molecule has 0 saturated heterocycles. The largest absolute Gasteiger partial charge is 0.486 e. The Morgan fingerprint density at radius 1 is 1.12 bits per heavy atom. The number of pyridine rings is 1. The second-order valence-electron chi connectivity index (χ2n) is 3.20. The molecule has 2 rings (SSSR count). The molecule has 0 amide bonds. The van der Waals surface area contributed by atoms with Crippen molar-refractivity contribution in [2.24, 2.45) is 0 Å². The Balaban J connectivity index is 2.05. The molecule has 0 saturated carbocycles. The fraction of sp³-hybridized carbons (Fsp3) is 0.0833. The maximum absolute atomic E-state index is 5.95. The molecule has 0 aliphatic carbocycles. The number of benzene rings is 1. The van der Waals surface area contributed by atoms with E-state index < -0.39 is 0 Å². The van der Waals surface area contributed by atoms with E-state index in [1.165, 1.54) is 0 Å². The summed E-state index contributed by atoms with van der Waals surface area (Å²) in [5, 5.41) is 0.405. The lowest BCUT2D eigenvalue weighted by Crippen LogP contribution is -1.96. The van der Waals surface area contributed by atoms with Gasteiger partial charge >= 0.3 is 0 Å². The van der Waals surface area contributed by atoms with Gasteiger partial charge in [0.1, 0.15) is 10.3 Å². The Hall–Kier alpha value is -0.810. The Kier molecular flexibility index (Phi) is 4.01. The highest BCUT2D eigenvalue weighted by Crippen LogP contribution is 2.23. The van der Waals surface area contributed by atoms with Crippen molar-refractivity contribution in [1.29, 1.82) is 0 Å². The molecule has 1 aromatic carbocycles. The quantitative estimate of drug-likeness (QED) is 0.621. The minimum atomic E-state index is 0.405. The number of hydrogen-bond acceptors (Lipinski definition) is 2. The van der Waals surface area contributed by atoms with Crippen LogP contribution in [0, 0.1) is 3.70 Å². The van der Waals surface area contributed by atoms with Gasteiger partial charge in [-0.15, -0.1) is 0 Å². The minimum Gasteiger partial charge on any atom is -0.486 e. The number of nitrogens with zero attached hydrogens (tertiary/aromatic N) is 1. The topological polar surface area (TPSA) is 22.1 Å². The molecule has 1 heterocycles. The molecule has 0 N–H and O–H groups in total. The fourth-order valence-corrected chi connectivity index (χ4v) is 2.01. The third kappa shape index (κ3) is 3.09. The smallest absolute Gasteiger partial charge is 0.172 e. The molecule has 0 bridgehead atoms. The highest BCUT2D eigenvalue weighted by atomic mass is 127. The average Bonchev–Trinajstić information content (AvgIpc) is 2.29. The summed E-state index contributed by atoms with van der Waals surface area (Å²) in [5.41, 5.74) is 1.11. The zero-order valence-electron chi connectivity index (χ0n) is 8.36. The lowest BCUT2D eigenvalue weighted by molar-refractivity contribution is 0.305. The molecule has 0 aliphatic heterocycles. The van der Waals surface area contributed by atoms with E-state index in [9.17, 15) is 0 Å². The van der Waals surface area contributed by atoms with Gasteiger partial charge in [-0.25, -0.2) is 4.98 Å². The Bertz CT molecular complexity index is 476. The number of ether oxygens (including phenoxy) is 1. The van der Waals surface area contributed by atoms with Gasteiger partial charge in [0.25, 0.3) is 0 Å². The van der Waals surface area contributed by atoms with Crippen LogP contribution in [-0.4, -0.2) is 4.98 Å². The molecule has 0 aliphatic rings. The summed E-state index contributed by atoms with van der Waals surface area (Å²) in [6, 6.07) is 13.6. The molecular formula is C12H9ClINO. The van der Waals surface area contributed by atoms with Crippen molar-refractivity contribution in [1.82, 2.24) is 4.98 Å². The van der Waals surface area contributed by atoms with E-state index in [0.29, 0.717) is 17.5 Å². The van der Waals surface area contributed by atoms with E-state index in [-0.39, 0.29) is 0 Å². The van der Waals surface area contributed by atoms with Crippen molar-refractivity contribution in [3.05, 3.63) is 56.9 Å². The first-order chi connectivity index (χ1) is 7.75. The van der Waals surface area contributed by atoms with Crippen LogP contribution in [0.15, 0.2) is 42.5 Å². The Labute approximate surface area is 113 Å². The van der Waals surface area contributed by atoms with E-state index >= 15 is 0 Å². The number of halogens is 2. The third-order valence-electron chi connectivity index (χ3n) is 2.02. The molecular weight excluding hydrogens is 336 g/mol. The molecule has 0 unspecified atom stereocenters. The second kappa shape index (κ2) is 5.50. The first kappa shape index (κ1) is 11.7. The van der Waals surface area contributed by atoms with Gasteiger partial charge in [-0.1, -0.05) is 41.9 Å². The Morgan fingerprint density at radius 3 is 2.56 bits per heavy atom. The summed E-state index contributed by atoms with van der Waals surface area (Å²) in [5.74, 6) is 0.617. The van der Waals surface area contributed by atoms with Crippen molar-refractivity contribution in [2.45, 2.75) is 6.61 Å². The molecule has 0 atom stereocenters. The van der Waals surface area contributed by atoms with Gasteiger partial charge in [0.15, 0.2) is 10.9 Å². The molecule has 0 fully saturated rings. The van der Waals surface area contributed by atoms with Crippen LogP contribution in [-0.2, 0) is 6.61 Å². The van der Waals surface area contributed by atoms with E-state index in [2.05, 4.69) is 27.6 Å². The molecule has 4 heteroatoms. The zero-order chi connectivity index (χ0) is 11.4. The normalized spacial score (nSPS) is 10.1. The van der Waals surface area contributed by atoms with E-state index in [0.717, 1.165) is 9.26 Å². The third-order valence-corrected chi connectivity index (χ3v) is 2.89. The van der Waals surface area contributed by atoms with Crippen LogP contribution >= 0.6 is 34.2 Å². The SMILES string of the molecule is Clc1nc(I)ccc1OCc1ccccc1. The highest BCUT2D eigenvalue weighted by Gasteiger charge is 2.03. The first-order valence-corrected chi connectivity index (χ1v) is 6.20. The molecule has 0 radical (unpaired) electrons. The van der Waals surface area contributed by atoms with Crippen LogP contribution in [0.2, 0.25) is 5.15 Å². The molecule has 2 aromatic rings. The highest BCUT2D eigenvalue weighted by molar-refractivity contribution is 14.1. The molecule has 2 nitrogen and oxygen atoms in total. The van der Waals surface area contributed by atoms with Gasteiger partial charge in [-0.3, -0.25) is 0 Å². The van der Waals surface area contributed by atoms with Gasteiger partial charge in [0.05, 0.1) is 0 Å². The Morgan fingerprint density at radius 2 is 1.88 bits per heavy atom. The predicted octanol–water partition coefficient (Wildman–Crippen LogP) is 3.92. The van der Waals surface area contributed by atoms with Crippen LogP contribution in [0.3, 0.4) is 0 Å². The van der Waals surface area contributed by atoms with Crippen molar-refractivity contribution < 1.29 is 4.74 Å². The maximum Gasteiger partial charge on any atom is 0.172 e. The van der Waals surface area contributed by atoms with Crippen molar-refractivity contribution in [3.8, 4) is 5.75 Å². The van der Waals surface area contributed by atoms with Crippen molar-refractivity contribution in [2.75, 3.05) is 0 Å². The lowest BCUT2D eigenvalue weighted by Gasteiger charge is -2.07. The van der Waals surface area contributed by atoms with E-state index in [1.807, 2.05) is 42.5 Å². The van der Waals surface area contributed by atoms with Crippen LogP contribution in [0.1, 0.15) is 5.56 Å². The molecule has 82 valence electrons. The number of hydrogen-bond donors (Lipinski definition) is 0. The van der Waals surface area contributed by atoms with E-state index in [1.54, 1.807) is 0 Å². The molecule has 0 spiro atoms. The maximum atomic E-state index is 5.95.